The molecule has 1 heterocycles. The minimum atomic E-state index is 0.0781. The molecular weight excluding hydrogens is 270 g/mol. The van der Waals surface area contributed by atoms with Gasteiger partial charge in [0.15, 0.2) is 0 Å². The molecule has 0 aromatic heterocycles. The summed E-state index contributed by atoms with van der Waals surface area (Å²) in [6, 6.07) is 8.68. The molecule has 3 nitrogen and oxygen atoms in total. The largest absolute Gasteiger partial charge is 0.324 e. The van der Waals surface area contributed by atoms with Crippen molar-refractivity contribution in [1.29, 1.82) is 0 Å². The predicted molar refractivity (Wildman–Crippen MR) is 86.1 cm³/mol. The molecule has 2 atom stereocenters. The highest BCUT2D eigenvalue weighted by atomic mass is 35.5. The van der Waals surface area contributed by atoms with Gasteiger partial charge < -0.3 is 10.6 Å². The van der Waals surface area contributed by atoms with E-state index >= 15 is 0 Å². The lowest BCUT2D eigenvalue weighted by Crippen LogP contribution is -2.38. The van der Waals surface area contributed by atoms with Crippen LogP contribution in [0.15, 0.2) is 24.3 Å². The Morgan fingerprint density at radius 3 is 2.95 bits per heavy atom. The van der Waals surface area contributed by atoms with Gasteiger partial charge in [0.2, 0.25) is 0 Å². The van der Waals surface area contributed by atoms with Gasteiger partial charge >= 0.3 is 0 Å². The smallest absolute Gasteiger partial charge is 0.0409 e. The van der Waals surface area contributed by atoms with E-state index in [-0.39, 0.29) is 6.04 Å². The number of rotatable bonds is 6. The molecule has 2 N–H and O–H groups in total. The van der Waals surface area contributed by atoms with Crippen LogP contribution in [-0.4, -0.2) is 49.6 Å². The monoisotopic (exact) mass is 295 g/mol. The first-order valence-corrected chi connectivity index (χ1v) is 7.84. The maximum absolute atomic E-state index is 6.29. The average Bonchev–Trinajstić information content (AvgIpc) is 2.82. The number of halogens is 1. The highest BCUT2D eigenvalue weighted by Crippen LogP contribution is 2.22. The maximum atomic E-state index is 6.29. The SMILES string of the molecule is CN(C)CC1CCCN1CCC(N)c1cccc(Cl)c1. The highest BCUT2D eigenvalue weighted by Gasteiger charge is 2.24. The van der Waals surface area contributed by atoms with E-state index < -0.39 is 0 Å². The first kappa shape index (κ1) is 15.8. The van der Waals surface area contributed by atoms with Crippen LogP contribution < -0.4 is 5.73 Å². The Kier molecular flexibility index (Phi) is 5.85. The van der Waals surface area contributed by atoms with Crippen LogP contribution in [0.25, 0.3) is 0 Å². The summed E-state index contributed by atoms with van der Waals surface area (Å²) in [6.45, 7) is 3.43. The third-order valence-electron chi connectivity index (χ3n) is 4.08. The normalized spacial score (nSPS) is 21.6. The molecule has 0 aliphatic carbocycles. The summed E-state index contributed by atoms with van der Waals surface area (Å²) in [4.78, 5) is 4.87. The van der Waals surface area contributed by atoms with Gasteiger partial charge in [0.05, 0.1) is 0 Å². The van der Waals surface area contributed by atoms with Crippen LogP contribution in [0.3, 0.4) is 0 Å². The number of benzene rings is 1. The second kappa shape index (κ2) is 7.41. The molecule has 112 valence electrons. The highest BCUT2D eigenvalue weighted by molar-refractivity contribution is 6.30. The fourth-order valence-corrected chi connectivity index (χ4v) is 3.23. The van der Waals surface area contributed by atoms with Gasteiger partial charge in [-0.2, -0.15) is 0 Å². The molecule has 2 rings (SSSR count). The zero-order valence-corrected chi connectivity index (χ0v) is 13.3. The maximum Gasteiger partial charge on any atom is 0.0409 e. The van der Waals surface area contributed by atoms with Crippen molar-refractivity contribution >= 4 is 11.6 Å². The quantitative estimate of drug-likeness (QED) is 0.876. The lowest BCUT2D eigenvalue weighted by Gasteiger charge is -2.28. The molecule has 1 aliphatic rings. The van der Waals surface area contributed by atoms with Gasteiger partial charge in [0.1, 0.15) is 0 Å². The van der Waals surface area contributed by atoms with E-state index in [0.29, 0.717) is 6.04 Å². The second-order valence-corrected chi connectivity index (χ2v) is 6.48. The van der Waals surface area contributed by atoms with Crippen LogP contribution >= 0.6 is 11.6 Å². The van der Waals surface area contributed by atoms with Gasteiger partial charge in [0, 0.05) is 30.2 Å². The fraction of sp³-hybridized carbons (Fsp3) is 0.625. The molecule has 20 heavy (non-hydrogen) atoms. The molecule has 1 fully saturated rings. The van der Waals surface area contributed by atoms with E-state index in [2.05, 4.69) is 30.0 Å². The molecule has 1 saturated heterocycles. The van der Waals surface area contributed by atoms with E-state index in [9.17, 15) is 0 Å². The lowest BCUT2D eigenvalue weighted by molar-refractivity contribution is 0.202. The predicted octanol–water partition coefficient (Wildman–Crippen LogP) is 2.76. The van der Waals surface area contributed by atoms with Gasteiger partial charge in [-0.3, -0.25) is 4.90 Å². The number of likely N-dealkylation sites (tertiary alicyclic amines) is 1. The fourth-order valence-electron chi connectivity index (χ4n) is 3.03. The minimum Gasteiger partial charge on any atom is -0.324 e. The molecule has 1 aromatic carbocycles. The standard InChI is InChI=1S/C16H26ClN3/c1-19(2)12-15-7-4-9-20(15)10-8-16(18)13-5-3-6-14(17)11-13/h3,5-6,11,15-16H,4,7-10,12,18H2,1-2H3. The molecule has 2 unspecified atom stereocenters. The Hall–Kier alpha value is -0.610. The Bertz CT molecular complexity index is 422. The molecule has 1 aromatic rings. The van der Waals surface area contributed by atoms with Gasteiger partial charge in [-0.25, -0.2) is 0 Å². The van der Waals surface area contributed by atoms with Crippen LogP contribution in [0, 0.1) is 0 Å². The zero-order chi connectivity index (χ0) is 14.5. The average molecular weight is 296 g/mol. The number of hydrogen-bond donors (Lipinski definition) is 1. The van der Waals surface area contributed by atoms with Crippen molar-refractivity contribution in [1.82, 2.24) is 9.80 Å². The molecule has 0 saturated carbocycles. The molecule has 4 heteroatoms. The summed E-state index contributed by atoms with van der Waals surface area (Å²) in [5.41, 5.74) is 7.43. The topological polar surface area (TPSA) is 32.5 Å². The Balaban J connectivity index is 1.85. The van der Waals surface area contributed by atoms with E-state index in [1.54, 1.807) is 0 Å². The van der Waals surface area contributed by atoms with Crippen molar-refractivity contribution < 1.29 is 0 Å². The van der Waals surface area contributed by atoms with Crippen molar-refractivity contribution in [3.63, 3.8) is 0 Å². The zero-order valence-electron chi connectivity index (χ0n) is 12.6. The summed E-state index contributed by atoms with van der Waals surface area (Å²) in [5.74, 6) is 0. The number of hydrogen-bond acceptors (Lipinski definition) is 3. The summed E-state index contributed by atoms with van der Waals surface area (Å²) in [7, 11) is 4.29. The van der Waals surface area contributed by atoms with Crippen molar-refractivity contribution in [3.05, 3.63) is 34.9 Å². The van der Waals surface area contributed by atoms with Crippen molar-refractivity contribution in [2.24, 2.45) is 5.73 Å². The number of nitrogens with two attached hydrogens (primary N) is 1. The summed E-state index contributed by atoms with van der Waals surface area (Å²) >= 11 is 6.03. The molecule has 0 bridgehead atoms. The Morgan fingerprint density at radius 1 is 1.45 bits per heavy atom. The first-order chi connectivity index (χ1) is 9.56. The van der Waals surface area contributed by atoms with Crippen LogP contribution in [0.1, 0.15) is 30.9 Å². The van der Waals surface area contributed by atoms with E-state index in [0.717, 1.165) is 30.1 Å². The summed E-state index contributed by atoms with van der Waals surface area (Å²) in [5, 5.41) is 0.768. The number of nitrogens with zero attached hydrogens (tertiary/aromatic N) is 2. The Morgan fingerprint density at radius 2 is 2.25 bits per heavy atom. The number of likely N-dealkylation sites (N-methyl/N-ethyl adjacent to an activating group) is 1. The van der Waals surface area contributed by atoms with E-state index in [4.69, 9.17) is 17.3 Å². The van der Waals surface area contributed by atoms with E-state index in [1.807, 2.05) is 18.2 Å². The summed E-state index contributed by atoms with van der Waals surface area (Å²) in [6.07, 6.45) is 3.61. The van der Waals surface area contributed by atoms with Crippen LogP contribution in [0.4, 0.5) is 0 Å². The van der Waals surface area contributed by atoms with E-state index in [1.165, 1.54) is 19.4 Å². The summed E-state index contributed by atoms with van der Waals surface area (Å²) < 4.78 is 0. The van der Waals surface area contributed by atoms with Crippen LogP contribution in [0.5, 0.6) is 0 Å². The lowest BCUT2D eigenvalue weighted by atomic mass is 10.0. The van der Waals surface area contributed by atoms with Gasteiger partial charge in [0.25, 0.3) is 0 Å². The Labute approximate surface area is 127 Å². The minimum absolute atomic E-state index is 0.0781. The third kappa shape index (κ3) is 4.45. The third-order valence-corrected chi connectivity index (χ3v) is 4.31. The van der Waals surface area contributed by atoms with Gasteiger partial charge in [-0.1, -0.05) is 23.7 Å². The van der Waals surface area contributed by atoms with Crippen molar-refractivity contribution in [2.45, 2.75) is 31.3 Å². The second-order valence-electron chi connectivity index (χ2n) is 6.04. The van der Waals surface area contributed by atoms with Gasteiger partial charge in [-0.15, -0.1) is 0 Å². The molecule has 0 spiro atoms. The van der Waals surface area contributed by atoms with Crippen LogP contribution in [-0.2, 0) is 0 Å². The molecule has 0 radical (unpaired) electrons. The first-order valence-electron chi connectivity index (χ1n) is 7.46. The molecule has 0 amide bonds. The molecule has 1 aliphatic heterocycles. The van der Waals surface area contributed by atoms with Crippen LogP contribution in [0.2, 0.25) is 5.02 Å². The van der Waals surface area contributed by atoms with Crippen molar-refractivity contribution in [2.75, 3.05) is 33.7 Å². The van der Waals surface area contributed by atoms with Crippen molar-refractivity contribution in [3.8, 4) is 0 Å². The molecular formula is C16H26ClN3. The van der Waals surface area contributed by atoms with Gasteiger partial charge in [-0.05, 0) is 57.6 Å².